The second-order valence-electron chi connectivity index (χ2n) is 16.0. The molecule has 0 aromatic carbocycles. The molecule has 0 radical (unpaired) electrons. The fourth-order valence-corrected chi connectivity index (χ4v) is 8.19. The third-order valence-corrected chi connectivity index (χ3v) is 11.9. The molecule has 4 aliphatic heterocycles. The molecule has 16 atom stereocenters. The van der Waals surface area contributed by atoms with E-state index in [1.807, 2.05) is 0 Å². The van der Waals surface area contributed by atoms with Crippen LogP contribution in [0.25, 0.3) is 0 Å². The van der Waals surface area contributed by atoms with Crippen LogP contribution in [-0.4, -0.2) is 307 Å². The predicted octanol–water partition coefficient (Wildman–Crippen LogP) is -10.8. The van der Waals surface area contributed by atoms with Crippen molar-refractivity contribution in [2.75, 3.05) is 105 Å². The summed E-state index contributed by atoms with van der Waals surface area (Å²) in [5, 5.41) is 140. The van der Waals surface area contributed by atoms with Gasteiger partial charge in [-0.1, -0.05) is 0 Å². The summed E-state index contributed by atoms with van der Waals surface area (Å²) in [4.78, 5) is 43.8. The molecule has 360 valence electrons. The Morgan fingerprint density at radius 3 is 0.968 bits per heavy atom. The second-order valence-corrected chi connectivity index (χ2v) is 16.0. The van der Waals surface area contributed by atoms with E-state index in [9.17, 15) is 80.8 Å². The number of carbonyl (C=O) groups is 3. The van der Waals surface area contributed by atoms with Crippen molar-refractivity contribution in [2.45, 2.75) is 97.4 Å². The molecular formula is C35H66N8O19. The standard InChI is InChI=1S/C35H66N8O19/c36-1-5-40-9-21(45)30(54)26(50)18(40)14-60-34(58)38-3-7-42-11-23(47)32(56)28(52)20(42)16-62-35(59)39-4-8-43-12-24(48)31(55)27(51)19(43)15-61-33(57)37-2-6-41-10-22(46)29(53)25(49)17(41)13-44/h17-32,44-56H,1-16,36H2,(H,37,57)(H,38,58)(H,39,59)/t17-,18-,19-,20-,21-,22-,23-,24-,25+,26+,27+,28+,29+,30+,31+,32+/m0/s1. The van der Waals surface area contributed by atoms with E-state index >= 15 is 0 Å². The van der Waals surface area contributed by atoms with Gasteiger partial charge in [0.2, 0.25) is 0 Å². The normalized spacial score (nSPS) is 37.6. The molecule has 27 nitrogen and oxygen atoms in total. The van der Waals surface area contributed by atoms with Gasteiger partial charge in [0, 0.05) is 78.5 Å². The van der Waals surface area contributed by atoms with Gasteiger partial charge in [-0.2, -0.15) is 0 Å². The minimum Gasteiger partial charge on any atom is -0.448 e. The zero-order valence-corrected chi connectivity index (χ0v) is 34.2. The third kappa shape index (κ3) is 13.6. The van der Waals surface area contributed by atoms with Crippen molar-refractivity contribution in [3.8, 4) is 0 Å². The number of β-amino-alcohol motifs (C(OH)–C–C–N with tert-alkyl or cyclic N) is 4. The van der Waals surface area contributed by atoms with Crippen LogP contribution in [0, 0.1) is 0 Å². The number of nitrogens with one attached hydrogen (secondary N) is 3. The lowest BCUT2D eigenvalue weighted by Crippen LogP contribution is -2.64. The van der Waals surface area contributed by atoms with E-state index in [4.69, 9.17) is 19.9 Å². The van der Waals surface area contributed by atoms with Crippen LogP contribution in [0.1, 0.15) is 0 Å². The number of hydrogen-bond acceptors (Lipinski definition) is 24. The van der Waals surface area contributed by atoms with Crippen molar-refractivity contribution in [1.29, 1.82) is 0 Å². The van der Waals surface area contributed by atoms with Crippen LogP contribution in [0.2, 0.25) is 0 Å². The molecule has 4 rings (SSSR count). The Bertz CT molecular complexity index is 1400. The average molecular weight is 903 g/mol. The van der Waals surface area contributed by atoms with Crippen molar-refractivity contribution in [1.82, 2.24) is 35.6 Å². The summed E-state index contributed by atoms with van der Waals surface area (Å²) in [6.45, 7) is -2.11. The summed E-state index contributed by atoms with van der Waals surface area (Å²) < 4.78 is 15.8. The summed E-state index contributed by atoms with van der Waals surface area (Å²) in [5.41, 5.74) is 5.61. The van der Waals surface area contributed by atoms with Gasteiger partial charge >= 0.3 is 18.3 Å². The van der Waals surface area contributed by atoms with Crippen LogP contribution < -0.4 is 21.7 Å². The summed E-state index contributed by atoms with van der Waals surface area (Å²) in [5.74, 6) is 0. The Morgan fingerprint density at radius 1 is 0.435 bits per heavy atom. The second kappa shape index (κ2) is 24.4. The van der Waals surface area contributed by atoms with Crippen LogP contribution >= 0.6 is 0 Å². The zero-order valence-electron chi connectivity index (χ0n) is 34.2. The largest absolute Gasteiger partial charge is 0.448 e. The SMILES string of the molecule is NCCN1C[C@H](O)[C@@H](O)[C@H](O)[C@@H]1COC(=O)NCCN1C[C@H](O)[C@@H](O)[C@H](O)[C@@H]1COC(=O)NCCN1C[C@H](O)[C@@H](O)[C@H](O)[C@@H]1COC(=O)NCCN1C[C@H](O)[C@@H](O)[C@H](O)[C@@H]1CO. The molecule has 3 amide bonds. The first-order valence-electron chi connectivity index (χ1n) is 20.6. The van der Waals surface area contributed by atoms with Gasteiger partial charge in [-0.3, -0.25) is 19.6 Å². The summed E-state index contributed by atoms with van der Waals surface area (Å²) in [6, 6.07) is -3.82. The Balaban J connectivity index is 1.21. The highest BCUT2D eigenvalue weighted by Crippen LogP contribution is 2.23. The molecule has 18 N–H and O–H groups in total. The van der Waals surface area contributed by atoms with E-state index in [0.717, 1.165) is 0 Å². The number of piperidine rings is 4. The van der Waals surface area contributed by atoms with Crippen molar-refractivity contribution in [3.63, 3.8) is 0 Å². The average Bonchev–Trinajstić information content (AvgIpc) is 3.23. The first-order chi connectivity index (χ1) is 29.4. The number of rotatable bonds is 18. The molecule has 0 bridgehead atoms. The van der Waals surface area contributed by atoms with Crippen molar-refractivity contribution >= 4 is 18.3 Å². The lowest BCUT2D eigenvalue weighted by atomic mass is 9.94. The molecule has 0 aromatic heterocycles. The number of ether oxygens (including phenoxy) is 3. The third-order valence-electron chi connectivity index (χ3n) is 11.9. The molecule has 0 unspecified atom stereocenters. The molecule has 4 heterocycles. The number of carbonyl (C=O) groups excluding carboxylic acids is 3. The molecule has 0 aromatic rings. The van der Waals surface area contributed by atoms with Crippen molar-refractivity contribution in [3.05, 3.63) is 0 Å². The maximum atomic E-state index is 12.7. The monoisotopic (exact) mass is 902 g/mol. The van der Waals surface area contributed by atoms with Gasteiger partial charge < -0.3 is 102 Å². The number of aliphatic hydroxyl groups excluding tert-OH is 13. The fourth-order valence-electron chi connectivity index (χ4n) is 8.19. The number of amides is 3. The first-order valence-corrected chi connectivity index (χ1v) is 20.6. The van der Waals surface area contributed by atoms with Gasteiger partial charge in [-0.25, -0.2) is 14.4 Å². The maximum absolute atomic E-state index is 12.7. The fraction of sp³-hybridized carbons (Fsp3) is 0.914. The molecule has 0 spiro atoms. The van der Waals surface area contributed by atoms with E-state index in [-0.39, 0.29) is 85.1 Å². The highest BCUT2D eigenvalue weighted by atomic mass is 16.6. The predicted molar refractivity (Wildman–Crippen MR) is 208 cm³/mol. The molecule has 27 heteroatoms. The molecule has 62 heavy (non-hydrogen) atoms. The highest BCUT2D eigenvalue weighted by molar-refractivity contribution is 5.68. The van der Waals surface area contributed by atoms with E-state index in [1.165, 1.54) is 14.7 Å². The minimum atomic E-state index is -1.59. The smallest absolute Gasteiger partial charge is 0.407 e. The van der Waals surface area contributed by atoms with Crippen LogP contribution in [0.5, 0.6) is 0 Å². The van der Waals surface area contributed by atoms with Gasteiger partial charge in [0.1, 0.15) is 68.7 Å². The van der Waals surface area contributed by atoms with E-state index in [2.05, 4.69) is 16.0 Å². The number of alkyl carbamates (subject to hydrolysis) is 3. The van der Waals surface area contributed by atoms with E-state index in [1.54, 1.807) is 4.90 Å². The number of nitrogens with two attached hydrogens (primary N) is 1. The van der Waals surface area contributed by atoms with Crippen LogP contribution in [0.3, 0.4) is 0 Å². The molecule has 0 saturated carbocycles. The van der Waals surface area contributed by atoms with Crippen LogP contribution in [0.15, 0.2) is 0 Å². The zero-order chi connectivity index (χ0) is 45.8. The molecule has 4 aliphatic rings. The van der Waals surface area contributed by atoms with Crippen molar-refractivity contribution < 1.29 is 95.0 Å². The Hall–Kier alpha value is -2.91. The van der Waals surface area contributed by atoms with Crippen molar-refractivity contribution in [2.24, 2.45) is 5.73 Å². The summed E-state index contributed by atoms with van der Waals surface area (Å²) in [6.07, 6.45) is -20.2. The Morgan fingerprint density at radius 2 is 0.694 bits per heavy atom. The quantitative estimate of drug-likeness (QED) is 0.0568. The van der Waals surface area contributed by atoms with E-state index < -0.39 is 136 Å². The number of aliphatic hydroxyl groups is 13. The molecule has 0 aliphatic carbocycles. The number of likely N-dealkylation sites (tertiary alicyclic amines) is 4. The summed E-state index contributed by atoms with van der Waals surface area (Å²) >= 11 is 0. The van der Waals surface area contributed by atoms with Crippen LogP contribution in [0.4, 0.5) is 14.4 Å². The molecule has 4 fully saturated rings. The lowest BCUT2D eigenvalue weighted by Gasteiger charge is -2.43. The minimum absolute atomic E-state index is 0.000204. The topological polar surface area (TPSA) is 417 Å². The molecular weight excluding hydrogens is 836 g/mol. The lowest BCUT2D eigenvalue weighted by molar-refractivity contribution is -0.145. The molecule has 4 saturated heterocycles. The first kappa shape index (κ1) is 51.7. The number of nitrogens with zero attached hydrogens (tertiary/aromatic N) is 4. The highest BCUT2D eigenvalue weighted by Gasteiger charge is 2.45. The number of hydrogen-bond donors (Lipinski definition) is 17. The van der Waals surface area contributed by atoms with Gasteiger partial charge in [-0.15, -0.1) is 0 Å². The summed E-state index contributed by atoms with van der Waals surface area (Å²) in [7, 11) is 0. The van der Waals surface area contributed by atoms with Crippen LogP contribution in [-0.2, 0) is 14.2 Å². The Kier molecular flexibility index (Phi) is 20.4. The van der Waals surface area contributed by atoms with Gasteiger partial charge in [0.15, 0.2) is 0 Å². The van der Waals surface area contributed by atoms with Gasteiger partial charge in [0.25, 0.3) is 0 Å². The Labute approximate surface area is 356 Å². The maximum Gasteiger partial charge on any atom is 0.407 e. The van der Waals surface area contributed by atoms with Gasteiger partial charge in [0.05, 0.1) is 55.2 Å². The van der Waals surface area contributed by atoms with E-state index in [0.29, 0.717) is 0 Å². The van der Waals surface area contributed by atoms with Gasteiger partial charge in [-0.05, 0) is 0 Å².